The van der Waals surface area contributed by atoms with Gasteiger partial charge in [-0.05, 0) is 42.7 Å². The van der Waals surface area contributed by atoms with Crippen LogP contribution in [0.25, 0.3) is 0 Å². The van der Waals surface area contributed by atoms with Gasteiger partial charge in [-0.2, -0.15) is 0 Å². The van der Waals surface area contributed by atoms with Crippen molar-refractivity contribution >= 4 is 5.97 Å². The largest absolute Gasteiger partial charge is 0.477 e. The minimum atomic E-state index is -0.923. The highest BCUT2D eigenvalue weighted by molar-refractivity contribution is 5.86. The van der Waals surface area contributed by atoms with Gasteiger partial charge < -0.3 is 5.11 Å². The predicted octanol–water partition coefficient (Wildman–Crippen LogP) is 2.40. The third kappa shape index (κ3) is 2.78. The number of hydrogen-bond donors (Lipinski definition) is 1. The Morgan fingerprint density at radius 3 is 2.79 bits per heavy atom. The van der Waals surface area contributed by atoms with Gasteiger partial charge in [0.2, 0.25) is 0 Å². The minimum Gasteiger partial charge on any atom is -0.477 e. The SMILES string of the molecule is O=C(O)c1ncccc1CN1CC2CCCC(C2)C1. The van der Waals surface area contributed by atoms with E-state index >= 15 is 0 Å². The highest BCUT2D eigenvalue weighted by atomic mass is 16.4. The van der Waals surface area contributed by atoms with Crippen LogP contribution in [0.3, 0.4) is 0 Å². The first-order valence-electron chi connectivity index (χ1n) is 7.12. The van der Waals surface area contributed by atoms with E-state index in [-0.39, 0.29) is 5.69 Å². The molecule has 0 radical (unpaired) electrons. The molecular weight excluding hydrogens is 240 g/mol. The Hall–Kier alpha value is -1.42. The molecule has 4 heteroatoms. The first-order chi connectivity index (χ1) is 9.22. The molecule has 0 spiro atoms. The topological polar surface area (TPSA) is 53.4 Å². The fraction of sp³-hybridized carbons (Fsp3) is 0.600. The molecule has 2 heterocycles. The van der Waals surface area contributed by atoms with Crippen molar-refractivity contribution in [1.29, 1.82) is 0 Å². The zero-order valence-corrected chi connectivity index (χ0v) is 11.1. The molecule has 0 amide bonds. The third-order valence-electron chi connectivity index (χ3n) is 4.41. The molecule has 1 aromatic rings. The first kappa shape index (κ1) is 12.6. The third-order valence-corrected chi connectivity index (χ3v) is 4.41. The maximum absolute atomic E-state index is 11.2. The zero-order valence-electron chi connectivity index (χ0n) is 11.1. The van der Waals surface area contributed by atoms with Gasteiger partial charge in [-0.15, -0.1) is 0 Å². The number of pyridine rings is 1. The standard InChI is InChI=1S/C15H20N2O2/c18-15(19)14-13(5-2-6-16-14)10-17-8-11-3-1-4-12(7-11)9-17/h2,5-6,11-12H,1,3-4,7-10H2,(H,18,19). The van der Waals surface area contributed by atoms with Crippen LogP contribution in [-0.4, -0.2) is 34.0 Å². The van der Waals surface area contributed by atoms with Gasteiger partial charge in [0.1, 0.15) is 0 Å². The van der Waals surface area contributed by atoms with Crippen LogP contribution in [0.5, 0.6) is 0 Å². The van der Waals surface area contributed by atoms with Crippen molar-refractivity contribution in [3.05, 3.63) is 29.6 Å². The van der Waals surface area contributed by atoms with Crippen molar-refractivity contribution in [2.75, 3.05) is 13.1 Å². The van der Waals surface area contributed by atoms with E-state index in [1.165, 1.54) is 25.7 Å². The van der Waals surface area contributed by atoms with E-state index in [9.17, 15) is 9.90 Å². The summed E-state index contributed by atoms with van der Waals surface area (Å²) in [6.07, 6.45) is 6.97. The fourth-order valence-corrected chi connectivity index (χ4v) is 3.67. The molecule has 1 saturated carbocycles. The lowest BCUT2D eigenvalue weighted by atomic mass is 9.78. The lowest BCUT2D eigenvalue weighted by molar-refractivity contribution is 0.0676. The van der Waals surface area contributed by atoms with Gasteiger partial charge in [0.05, 0.1) is 0 Å². The van der Waals surface area contributed by atoms with Gasteiger partial charge >= 0.3 is 5.97 Å². The van der Waals surface area contributed by atoms with Gasteiger partial charge in [0.25, 0.3) is 0 Å². The second-order valence-electron chi connectivity index (χ2n) is 5.91. The number of piperidine rings is 1. The second-order valence-corrected chi connectivity index (χ2v) is 5.91. The van der Waals surface area contributed by atoms with Crippen LogP contribution in [-0.2, 0) is 6.54 Å². The van der Waals surface area contributed by atoms with Crippen LogP contribution in [0.2, 0.25) is 0 Å². The summed E-state index contributed by atoms with van der Waals surface area (Å²) in [4.78, 5) is 17.6. The van der Waals surface area contributed by atoms with Crippen molar-refractivity contribution in [2.45, 2.75) is 32.2 Å². The molecule has 4 nitrogen and oxygen atoms in total. The number of fused-ring (bicyclic) bond motifs is 2. The highest BCUT2D eigenvalue weighted by Gasteiger charge is 2.30. The number of carboxylic acid groups (broad SMARTS) is 1. The Morgan fingerprint density at radius 1 is 1.37 bits per heavy atom. The zero-order chi connectivity index (χ0) is 13.2. The molecule has 2 bridgehead atoms. The van der Waals surface area contributed by atoms with Crippen LogP contribution >= 0.6 is 0 Å². The van der Waals surface area contributed by atoms with Crippen LogP contribution < -0.4 is 0 Å². The molecular formula is C15H20N2O2. The maximum Gasteiger partial charge on any atom is 0.354 e. The van der Waals surface area contributed by atoms with E-state index in [1.807, 2.05) is 12.1 Å². The van der Waals surface area contributed by atoms with Crippen molar-refractivity contribution in [3.63, 3.8) is 0 Å². The normalized spacial score (nSPS) is 27.2. The number of hydrogen-bond acceptors (Lipinski definition) is 3. The Labute approximate surface area is 113 Å². The van der Waals surface area contributed by atoms with E-state index in [0.29, 0.717) is 0 Å². The molecule has 2 fully saturated rings. The smallest absolute Gasteiger partial charge is 0.354 e. The number of carbonyl (C=O) groups is 1. The van der Waals surface area contributed by atoms with Crippen LogP contribution in [0.4, 0.5) is 0 Å². The first-order valence-corrected chi connectivity index (χ1v) is 7.12. The molecule has 1 aromatic heterocycles. The molecule has 102 valence electrons. The minimum absolute atomic E-state index is 0.207. The van der Waals surface area contributed by atoms with E-state index in [2.05, 4.69) is 9.88 Å². The molecule has 19 heavy (non-hydrogen) atoms. The molecule has 1 N–H and O–H groups in total. The number of aromatic carboxylic acids is 1. The van der Waals surface area contributed by atoms with Gasteiger partial charge in [0, 0.05) is 25.8 Å². The molecule has 3 rings (SSSR count). The van der Waals surface area contributed by atoms with Crippen molar-refractivity contribution in [1.82, 2.24) is 9.88 Å². The van der Waals surface area contributed by atoms with Crippen molar-refractivity contribution in [2.24, 2.45) is 11.8 Å². The average Bonchev–Trinajstić information content (AvgIpc) is 2.38. The molecule has 1 aliphatic carbocycles. The quantitative estimate of drug-likeness (QED) is 0.906. The van der Waals surface area contributed by atoms with E-state index < -0.39 is 5.97 Å². The summed E-state index contributed by atoms with van der Waals surface area (Å²) in [5.41, 5.74) is 1.05. The lowest BCUT2D eigenvalue weighted by Gasteiger charge is -2.41. The van der Waals surface area contributed by atoms with E-state index in [1.54, 1.807) is 6.20 Å². The molecule has 2 aliphatic rings. The number of carboxylic acids is 1. The van der Waals surface area contributed by atoms with Crippen molar-refractivity contribution in [3.8, 4) is 0 Å². The van der Waals surface area contributed by atoms with Gasteiger partial charge in [0.15, 0.2) is 5.69 Å². The van der Waals surface area contributed by atoms with E-state index in [4.69, 9.17) is 0 Å². The average molecular weight is 260 g/mol. The van der Waals surface area contributed by atoms with Gasteiger partial charge in [-0.25, -0.2) is 9.78 Å². The summed E-state index contributed by atoms with van der Waals surface area (Å²) in [6, 6.07) is 3.72. The monoisotopic (exact) mass is 260 g/mol. The van der Waals surface area contributed by atoms with Crippen molar-refractivity contribution < 1.29 is 9.90 Å². The van der Waals surface area contributed by atoms with Crippen LogP contribution in [0, 0.1) is 11.8 Å². The maximum atomic E-state index is 11.2. The predicted molar refractivity (Wildman–Crippen MR) is 71.9 cm³/mol. The Kier molecular flexibility index (Phi) is 3.51. The summed E-state index contributed by atoms with van der Waals surface area (Å²) in [5.74, 6) is 0.711. The van der Waals surface area contributed by atoms with E-state index in [0.717, 1.165) is 37.0 Å². The molecule has 2 atom stereocenters. The number of rotatable bonds is 3. The summed E-state index contributed by atoms with van der Waals surface area (Å²) in [7, 11) is 0. The molecule has 2 unspecified atom stereocenters. The van der Waals surface area contributed by atoms with Crippen LogP contribution in [0.15, 0.2) is 18.3 Å². The Morgan fingerprint density at radius 2 is 2.11 bits per heavy atom. The fourth-order valence-electron chi connectivity index (χ4n) is 3.67. The van der Waals surface area contributed by atoms with Gasteiger partial charge in [-0.1, -0.05) is 12.5 Å². The Balaban J connectivity index is 1.73. The molecule has 1 saturated heterocycles. The lowest BCUT2D eigenvalue weighted by Crippen LogP contribution is -2.42. The van der Waals surface area contributed by atoms with Crippen LogP contribution in [0.1, 0.15) is 41.7 Å². The Bertz CT molecular complexity index is 463. The molecule has 1 aliphatic heterocycles. The molecule has 0 aromatic carbocycles. The number of likely N-dealkylation sites (tertiary alicyclic amines) is 1. The summed E-state index contributed by atoms with van der Waals surface area (Å²) < 4.78 is 0. The highest BCUT2D eigenvalue weighted by Crippen LogP contribution is 2.34. The summed E-state index contributed by atoms with van der Waals surface area (Å²) in [5, 5.41) is 9.18. The summed E-state index contributed by atoms with van der Waals surface area (Å²) >= 11 is 0. The number of aromatic nitrogens is 1. The van der Waals surface area contributed by atoms with Gasteiger partial charge in [-0.3, -0.25) is 4.90 Å². The second kappa shape index (κ2) is 5.29. The number of nitrogens with zero attached hydrogens (tertiary/aromatic N) is 2. The summed E-state index contributed by atoms with van der Waals surface area (Å²) in [6.45, 7) is 2.96.